The average Bonchev–Trinajstić information content (AvgIpc) is 2.69. The molecule has 0 spiro atoms. The van der Waals surface area contributed by atoms with Gasteiger partial charge in [-0.05, 0) is 43.2 Å². The predicted octanol–water partition coefficient (Wildman–Crippen LogP) is 4.48. The van der Waals surface area contributed by atoms with Crippen LogP contribution in [-0.2, 0) is 0 Å². The van der Waals surface area contributed by atoms with E-state index in [1.807, 2.05) is 36.4 Å². The summed E-state index contributed by atoms with van der Waals surface area (Å²) in [6.45, 7) is 0. The Morgan fingerprint density at radius 3 is 2.77 bits per heavy atom. The van der Waals surface area contributed by atoms with Crippen LogP contribution in [-0.4, -0.2) is 20.9 Å². The highest BCUT2D eigenvalue weighted by Crippen LogP contribution is 2.32. The molecular weight excluding hydrogens is 392 g/mol. The molecule has 1 fully saturated rings. The molecule has 0 amide bonds. The minimum Gasteiger partial charge on any atom is -0.267 e. The van der Waals surface area contributed by atoms with Gasteiger partial charge in [-0.3, -0.25) is 9.78 Å². The van der Waals surface area contributed by atoms with Gasteiger partial charge in [-0.2, -0.15) is 9.78 Å². The summed E-state index contributed by atoms with van der Waals surface area (Å²) in [4.78, 5) is 22.2. The number of halogens is 1. The molecule has 3 aromatic rings. The summed E-state index contributed by atoms with van der Waals surface area (Å²) in [5.41, 5.74) is 1.30. The molecule has 0 N–H and O–H groups in total. The molecule has 1 aliphatic carbocycles. The number of fused-ring (bicyclic) bond motifs is 1. The summed E-state index contributed by atoms with van der Waals surface area (Å²) in [6, 6.07) is 11.2. The van der Waals surface area contributed by atoms with Crippen LogP contribution in [0.25, 0.3) is 10.9 Å². The fourth-order valence-electron chi connectivity index (χ4n) is 3.47. The average molecular weight is 411 g/mol. The van der Waals surface area contributed by atoms with Crippen molar-refractivity contribution in [2.24, 2.45) is 5.10 Å². The van der Waals surface area contributed by atoms with Gasteiger partial charge in [-0.25, -0.2) is 4.98 Å². The molecule has 0 atom stereocenters. The summed E-state index contributed by atoms with van der Waals surface area (Å²) < 4.78 is 2.33. The molecule has 2 heterocycles. The van der Waals surface area contributed by atoms with E-state index in [-0.39, 0.29) is 11.5 Å². The van der Waals surface area contributed by atoms with Crippen LogP contribution in [0.4, 0.5) is 0 Å². The van der Waals surface area contributed by atoms with Gasteiger partial charge < -0.3 is 0 Å². The van der Waals surface area contributed by atoms with Crippen molar-refractivity contribution >= 4 is 33.0 Å². The molecule has 26 heavy (non-hydrogen) atoms. The molecule has 6 heteroatoms. The van der Waals surface area contributed by atoms with Crippen molar-refractivity contribution in [2.45, 2.75) is 38.0 Å². The van der Waals surface area contributed by atoms with Crippen LogP contribution < -0.4 is 5.56 Å². The Balaban J connectivity index is 1.88. The minimum absolute atomic E-state index is 0.135. The highest BCUT2D eigenvalue weighted by molar-refractivity contribution is 9.10. The van der Waals surface area contributed by atoms with Gasteiger partial charge in [0, 0.05) is 16.6 Å². The van der Waals surface area contributed by atoms with Crippen molar-refractivity contribution in [1.82, 2.24) is 14.6 Å². The SMILES string of the molecule is O=c1c2cc(Br)ccc2nc(C2CCCCC2)n1N=Cc1ccccn1. The number of aromatic nitrogens is 3. The lowest BCUT2D eigenvalue weighted by molar-refractivity contribution is 0.416. The van der Waals surface area contributed by atoms with E-state index in [0.29, 0.717) is 11.1 Å². The van der Waals surface area contributed by atoms with Crippen molar-refractivity contribution in [1.29, 1.82) is 0 Å². The summed E-state index contributed by atoms with van der Waals surface area (Å²) in [6.07, 6.45) is 9.02. The number of hydrogen-bond donors (Lipinski definition) is 0. The lowest BCUT2D eigenvalue weighted by Gasteiger charge is -2.22. The predicted molar refractivity (Wildman–Crippen MR) is 107 cm³/mol. The van der Waals surface area contributed by atoms with Crippen LogP contribution in [0.5, 0.6) is 0 Å². The van der Waals surface area contributed by atoms with E-state index in [2.05, 4.69) is 26.0 Å². The van der Waals surface area contributed by atoms with Crippen LogP contribution in [0.3, 0.4) is 0 Å². The first-order valence-corrected chi connectivity index (χ1v) is 9.69. The Hall–Kier alpha value is -2.34. The monoisotopic (exact) mass is 410 g/mol. The molecule has 132 valence electrons. The number of pyridine rings is 1. The molecule has 0 radical (unpaired) electrons. The topological polar surface area (TPSA) is 60.1 Å². The maximum atomic E-state index is 13.1. The van der Waals surface area contributed by atoms with Crippen molar-refractivity contribution in [3.8, 4) is 0 Å². The van der Waals surface area contributed by atoms with E-state index in [4.69, 9.17) is 4.98 Å². The van der Waals surface area contributed by atoms with Gasteiger partial charge >= 0.3 is 0 Å². The standard InChI is InChI=1S/C20H19BrN4O/c21-15-9-10-18-17(12-15)20(26)25(23-13-16-8-4-5-11-22-16)19(24-18)14-6-2-1-3-7-14/h4-5,8-14H,1-3,6-7H2. The molecule has 2 aromatic heterocycles. The second-order valence-corrected chi connectivity index (χ2v) is 7.50. The van der Waals surface area contributed by atoms with Crippen LogP contribution in [0.1, 0.15) is 49.5 Å². The number of nitrogens with zero attached hydrogens (tertiary/aromatic N) is 4. The highest BCUT2D eigenvalue weighted by Gasteiger charge is 2.22. The van der Waals surface area contributed by atoms with E-state index in [1.54, 1.807) is 12.4 Å². The van der Waals surface area contributed by atoms with Gasteiger partial charge in [0.05, 0.1) is 22.8 Å². The van der Waals surface area contributed by atoms with Crippen LogP contribution in [0.2, 0.25) is 0 Å². The van der Waals surface area contributed by atoms with Crippen molar-refractivity contribution in [2.75, 3.05) is 0 Å². The van der Waals surface area contributed by atoms with Crippen molar-refractivity contribution in [3.05, 3.63) is 68.9 Å². The lowest BCUT2D eigenvalue weighted by atomic mass is 9.88. The zero-order valence-electron chi connectivity index (χ0n) is 14.3. The maximum absolute atomic E-state index is 13.1. The molecule has 1 aromatic carbocycles. The Bertz CT molecular complexity index is 1010. The molecule has 0 bridgehead atoms. The van der Waals surface area contributed by atoms with Crippen LogP contribution >= 0.6 is 15.9 Å². The van der Waals surface area contributed by atoms with E-state index >= 15 is 0 Å². The Kier molecular flexibility index (Phi) is 4.93. The molecule has 5 nitrogen and oxygen atoms in total. The second kappa shape index (κ2) is 7.50. The fraction of sp³-hybridized carbons (Fsp3) is 0.300. The van der Waals surface area contributed by atoms with E-state index in [9.17, 15) is 4.79 Å². The zero-order valence-corrected chi connectivity index (χ0v) is 15.9. The summed E-state index contributed by atoms with van der Waals surface area (Å²) >= 11 is 3.44. The second-order valence-electron chi connectivity index (χ2n) is 6.58. The summed E-state index contributed by atoms with van der Waals surface area (Å²) in [5.74, 6) is 1.03. The number of rotatable bonds is 3. The first-order chi connectivity index (χ1) is 12.7. The molecular formula is C20H19BrN4O. The normalized spacial score (nSPS) is 15.7. The molecule has 0 unspecified atom stereocenters. The van der Waals surface area contributed by atoms with Crippen LogP contribution in [0, 0.1) is 0 Å². The molecule has 1 saturated carbocycles. The maximum Gasteiger partial charge on any atom is 0.282 e. The highest BCUT2D eigenvalue weighted by atomic mass is 79.9. The lowest BCUT2D eigenvalue weighted by Crippen LogP contribution is -2.25. The largest absolute Gasteiger partial charge is 0.282 e. The van der Waals surface area contributed by atoms with Gasteiger partial charge in [-0.1, -0.05) is 41.3 Å². The van der Waals surface area contributed by atoms with E-state index in [0.717, 1.165) is 28.7 Å². The first kappa shape index (κ1) is 17.1. The number of hydrogen-bond acceptors (Lipinski definition) is 4. The zero-order chi connectivity index (χ0) is 17.9. The quantitative estimate of drug-likeness (QED) is 0.597. The van der Waals surface area contributed by atoms with Gasteiger partial charge in [0.1, 0.15) is 5.82 Å². The third kappa shape index (κ3) is 3.46. The van der Waals surface area contributed by atoms with Gasteiger partial charge in [0.2, 0.25) is 0 Å². The Morgan fingerprint density at radius 1 is 1.15 bits per heavy atom. The summed E-state index contributed by atoms with van der Waals surface area (Å²) in [7, 11) is 0. The number of benzene rings is 1. The van der Waals surface area contributed by atoms with Gasteiger partial charge in [0.25, 0.3) is 5.56 Å². The molecule has 0 saturated heterocycles. The third-order valence-electron chi connectivity index (χ3n) is 4.80. The minimum atomic E-state index is -0.135. The molecule has 1 aliphatic rings. The molecule has 4 rings (SSSR count). The van der Waals surface area contributed by atoms with Gasteiger partial charge in [0.15, 0.2) is 0 Å². The van der Waals surface area contributed by atoms with Gasteiger partial charge in [-0.15, -0.1) is 0 Å². The van der Waals surface area contributed by atoms with Crippen molar-refractivity contribution < 1.29 is 0 Å². The van der Waals surface area contributed by atoms with Crippen molar-refractivity contribution in [3.63, 3.8) is 0 Å². The fourth-order valence-corrected chi connectivity index (χ4v) is 3.83. The molecule has 0 aliphatic heterocycles. The van der Waals surface area contributed by atoms with E-state index in [1.165, 1.54) is 23.9 Å². The Morgan fingerprint density at radius 2 is 2.00 bits per heavy atom. The smallest absolute Gasteiger partial charge is 0.267 e. The summed E-state index contributed by atoms with van der Waals surface area (Å²) in [5, 5.41) is 5.04. The van der Waals surface area contributed by atoms with Crippen LogP contribution in [0.15, 0.2) is 57.0 Å². The third-order valence-corrected chi connectivity index (χ3v) is 5.29. The Labute approximate surface area is 159 Å². The van der Waals surface area contributed by atoms with E-state index < -0.39 is 0 Å². The first-order valence-electron chi connectivity index (χ1n) is 8.90.